The molecule has 0 aliphatic heterocycles. The van der Waals surface area contributed by atoms with E-state index in [9.17, 15) is 9.18 Å². The summed E-state index contributed by atoms with van der Waals surface area (Å²) in [4.78, 5) is 19.3. The summed E-state index contributed by atoms with van der Waals surface area (Å²) in [6.07, 6.45) is 1.24. The molecular weight excluding hydrogens is 433 g/mol. The molecule has 0 saturated heterocycles. The number of carbonyl (C=O) groups is 1. The van der Waals surface area contributed by atoms with E-state index in [1.807, 2.05) is 40.8 Å². The molecule has 0 N–H and O–H groups in total. The van der Waals surface area contributed by atoms with Gasteiger partial charge >= 0.3 is 0 Å². The van der Waals surface area contributed by atoms with Crippen molar-refractivity contribution in [3.8, 4) is 22.9 Å². The van der Waals surface area contributed by atoms with Gasteiger partial charge in [0, 0.05) is 43.3 Å². The summed E-state index contributed by atoms with van der Waals surface area (Å²) in [5.74, 6) is 1.87. The van der Waals surface area contributed by atoms with Crippen LogP contribution in [0.4, 0.5) is 4.39 Å². The van der Waals surface area contributed by atoms with Crippen molar-refractivity contribution in [2.75, 3.05) is 6.61 Å². The maximum absolute atomic E-state index is 13.3. The first-order valence-corrected chi connectivity index (χ1v) is 11.7. The van der Waals surface area contributed by atoms with Crippen LogP contribution in [0.5, 0.6) is 11.5 Å². The Bertz CT molecular complexity index is 1030. The van der Waals surface area contributed by atoms with Gasteiger partial charge in [0.05, 0.1) is 6.61 Å². The zero-order valence-corrected chi connectivity index (χ0v) is 18.9. The summed E-state index contributed by atoms with van der Waals surface area (Å²) in [7, 11) is 0. The largest absolute Gasteiger partial charge is 0.490 e. The molecule has 7 nitrogen and oxygen atoms in total. The molecule has 0 radical (unpaired) electrons. The fourth-order valence-electron chi connectivity index (χ4n) is 3.42. The zero-order chi connectivity index (χ0) is 22.5. The summed E-state index contributed by atoms with van der Waals surface area (Å²) >= 11 is 1.57. The molecule has 0 spiro atoms. The second-order valence-electron chi connectivity index (χ2n) is 7.65. The quantitative estimate of drug-likeness (QED) is 0.401. The summed E-state index contributed by atoms with van der Waals surface area (Å²) in [5.41, 5.74) is 1.82. The van der Waals surface area contributed by atoms with E-state index in [2.05, 4.69) is 10.1 Å². The highest BCUT2D eigenvalue weighted by Crippen LogP contribution is 2.33. The lowest BCUT2D eigenvalue weighted by molar-refractivity contribution is -0.132. The number of amides is 1. The average Bonchev–Trinajstić information content (AvgIpc) is 3.24. The van der Waals surface area contributed by atoms with Crippen molar-refractivity contribution in [1.29, 1.82) is 0 Å². The number of hydrogen-bond donors (Lipinski definition) is 0. The molecule has 1 unspecified atom stereocenters. The molecule has 170 valence electrons. The monoisotopic (exact) mass is 459 g/mol. The van der Waals surface area contributed by atoms with Crippen LogP contribution in [0.25, 0.3) is 11.4 Å². The Kier molecular flexibility index (Phi) is 7.04. The molecule has 3 aromatic rings. The number of aryl methyl sites for hydroxylation is 1. The fourth-order valence-corrected chi connectivity index (χ4v) is 4.05. The number of alkyl halides is 1. The second kappa shape index (κ2) is 10.1. The van der Waals surface area contributed by atoms with Crippen molar-refractivity contribution in [3.05, 3.63) is 46.5 Å². The number of carbonyl (C=O) groups excluding carboxylic acids is 1. The van der Waals surface area contributed by atoms with Gasteiger partial charge in [0.2, 0.25) is 24.0 Å². The third-order valence-electron chi connectivity index (χ3n) is 5.06. The highest BCUT2D eigenvalue weighted by molar-refractivity contribution is 7.08. The predicted molar refractivity (Wildman–Crippen MR) is 118 cm³/mol. The standard InChI is InChI=1S/C23H26FN3O4S/c1-3-29-20-12-16(4-7-19(20)30-15(2)24)13-27(18-5-6-18)22(28)9-8-21-25-23(26-31-21)17-10-11-32-14-17/h4,7,10-12,14-15,18H,3,5-6,8-9,13H2,1-2H3. The first-order valence-electron chi connectivity index (χ1n) is 10.7. The van der Waals surface area contributed by atoms with Crippen LogP contribution in [0.1, 0.15) is 44.6 Å². The van der Waals surface area contributed by atoms with E-state index in [4.69, 9.17) is 14.0 Å². The molecule has 1 saturated carbocycles. The first kappa shape index (κ1) is 22.3. The molecule has 1 aliphatic carbocycles. The molecule has 9 heteroatoms. The van der Waals surface area contributed by atoms with Crippen molar-refractivity contribution in [1.82, 2.24) is 15.0 Å². The Morgan fingerprint density at radius 3 is 2.88 bits per heavy atom. The number of aromatic nitrogens is 2. The predicted octanol–water partition coefficient (Wildman–Crippen LogP) is 5.01. The van der Waals surface area contributed by atoms with Crippen LogP contribution in [0.2, 0.25) is 0 Å². The van der Waals surface area contributed by atoms with E-state index in [1.54, 1.807) is 17.4 Å². The number of nitrogens with zero attached hydrogens (tertiary/aromatic N) is 3. The molecule has 1 aliphatic rings. The van der Waals surface area contributed by atoms with Crippen molar-refractivity contribution < 1.29 is 23.2 Å². The number of rotatable bonds is 11. The van der Waals surface area contributed by atoms with E-state index < -0.39 is 6.36 Å². The minimum absolute atomic E-state index is 0.0402. The van der Waals surface area contributed by atoms with Crippen LogP contribution < -0.4 is 9.47 Å². The zero-order valence-electron chi connectivity index (χ0n) is 18.1. The normalized spacial score (nSPS) is 14.2. The van der Waals surface area contributed by atoms with Gasteiger partial charge < -0.3 is 18.9 Å². The van der Waals surface area contributed by atoms with Crippen LogP contribution in [-0.4, -0.2) is 40.0 Å². The fraction of sp³-hybridized carbons (Fsp3) is 0.435. The SMILES string of the molecule is CCOc1cc(CN(C(=O)CCc2nc(-c3ccsc3)no2)C2CC2)ccc1OC(C)F. The highest BCUT2D eigenvalue weighted by Gasteiger charge is 2.32. The van der Waals surface area contributed by atoms with Crippen molar-refractivity contribution in [2.24, 2.45) is 0 Å². The Labute approximate surface area is 190 Å². The van der Waals surface area contributed by atoms with Crippen LogP contribution in [0, 0.1) is 0 Å². The maximum atomic E-state index is 13.3. The third-order valence-corrected chi connectivity index (χ3v) is 5.74. The van der Waals surface area contributed by atoms with Gasteiger partial charge in [0.15, 0.2) is 11.5 Å². The number of thiophene rings is 1. The van der Waals surface area contributed by atoms with Crippen molar-refractivity contribution in [2.45, 2.75) is 58.5 Å². The minimum atomic E-state index is -1.44. The lowest BCUT2D eigenvalue weighted by atomic mass is 10.1. The summed E-state index contributed by atoms with van der Waals surface area (Å²) in [5, 5.41) is 7.90. The van der Waals surface area contributed by atoms with E-state index in [1.165, 1.54) is 6.92 Å². The van der Waals surface area contributed by atoms with E-state index in [0.717, 1.165) is 24.0 Å². The molecule has 0 bridgehead atoms. The Morgan fingerprint density at radius 2 is 2.19 bits per heavy atom. The lowest BCUT2D eigenvalue weighted by Gasteiger charge is -2.23. The molecular formula is C23H26FN3O4S. The molecule has 32 heavy (non-hydrogen) atoms. The lowest BCUT2D eigenvalue weighted by Crippen LogP contribution is -2.32. The number of ether oxygens (including phenoxy) is 2. The van der Waals surface area contributed by atoms with Crippen molar-refractivity contribution >= 4 is 17.2 Å². The van der Waals surface area contributed by atoms with Gasteiger partial charge in [0.25, 0.3) is 0 Å². The summed E-state index contributed by atoms with van der Waals surface area (Å²) < 4.78 is 29.4. The number of benzene rings is 1. The van der Waals surface area contributed by atoms with Crippen LogP contribution >= 0.6 is 11.3 Å². The number of hydrogen-bond acceptors (Lipinski definition) is 7. The second-order valence-corrected chi connectivity index (χ2v) is 8.43. The van der Waals surface area contributed by atoms with E-state index in [0.29, 0.717) is 49.2 Å². The maximum Gasteiger partial charge on any atom is 0.236 e. The van der Waals surface area contributed by atoms with Crippen LogP contribution in [0.3, 0.4) is 0 Å². The van der Waals surface area contributed by atoms with Crippen molar-refractivity contribution in [3.63, 3.8) is 0 Å². The molecule has 2 aromatic heterocycles. The first-order chi connectivity index (χ1) is 15.5. The van der Waals surface area contributed by atoms with Gasteiger partial charge in [-0.25, -0.2) is 4.39 Å². The van der Waals surface area contributed by atoms with Gasteiger partial charge in [-0.1, -0.05) is 11.2 Å². The molecule has 4 rings (SSSR count). The van der Waals surface area contributed by atoms with E-state index in [-0.39, 0.29) is 11.9 Å². The Balaban J connectivity index is 1.40. The van der Waals surface area contributed by atoms with Gasteiger partial charge in [-0.2, -0.15) is 16.3 Å². The van der Waals surface area contributed by atoms with Crippen LogP contribution in [0.15, 0.2) is 39.5 Å². The Hall–Kier alpha value is -2.94. The molecule has 1 amide bonds. The van der Waals surface area contributed by atoms with Gasteiger partial charge in [-0.15, -0.1) is 0 Å². The molecule has 1 atom stereocenters. The summed E-state index contributed by atoms with van der Waals surface area (Å²) in [6, 6.07) is 7.52. The highest BCUT2D eigenvalue weighted by atomic mass is 32.1. The van der Waals surface area contributed by atoms with Crippen LogP contribution in [-0.2, 0) is 17.8 Å². The topological polar surface area (TPSA) is 77.7 Å². The Morgan fingerprint density at radius 1 is 1.34 bits per heavy atom. The van der Waals surface area contributed by atoms with Gasteiger partial charge in [-0.3, -0.25) is 4.79 Å². The molecule has 1 fully saturated rings. The van der Waals surface area contributed by atoms with Gasteiger partial charge in [-0.05, 0) is 48.9 Å². The third kappa shape index (κ3) is 5.64. The van der Waals surface area contributed by atoms with E-state index >= 15 is 0 Å². The smallest absolute Gasteiger partial charge is 0.236 e. The average molecular weight is 460 g/mol. The molecule has 2 heterocycles. The minimum Gasteiger partial charge on any atom is -0.490 e. The summed E-state index contributed by atoms with van der Waals surface area (Å²) in [6.45, 7) is 4.07. The molecule has 1 aromatic carbocycles. The number of halogens is 1. The van der Waals surface area contributed by atoms with Gasteiger partial charge in [0.1, 0.15) is 0 Å².